The number of nitrogens with one attached hydrogen (secondary N) is 1. The summed E-state index contributed by atoms with van der Waals surface area (Å²) in [4.78, 5) is 0. The van der Waals surface area contributed by atoms with Gasteiger partial charge in [-0.2, -0.15) is 0 Å². The molecule has 0 atom stereocenters. The van der Waals surface area contributed by atoms with E-state index in [0.717, 1.165) is 12.1 Å². The zero-order chi connectivity index (χ0) is 5.70. The maximum absolute atomic E-state index is 6.95. The molecule has 1 heteroatoms. The van der Waals surface area contributed by atoms with E-state index < -0.39 is 0 Å². The van der Waals surface area contributed by atoms with Crippen molar-refractivity contribution in [2.75, 3.05) is 0 Å². The maximum atomic E-state index is 6.95. The molecule has 0 aromatic carbocycles. The van der Waals surface area contributed by atoms with Crippen LogP contribution in [-0.4, -0.2) is 5.71 Å². The Morgan fingerprint density at radius 1 is 1.71 bits per heavy atom. The first-order valence-electron chi connectivity index (χ1n) is 2.42. The Morgan fingerprint density at radius 2 is 2.29 bits per heavy atom. The number of rotatable bonds is 2. The highest BCUT2D eigenvalue weighted by Crippen LogP contribution is 1.82. The van der Waals surface area contributed by atoms with Crippen LogP contribution in [0.2, 0.25) is 0 Å². The summed E-state index contributed by atoms with van der Waals surface area (Å²) in [7, 11) is 0. The van der Waals surface area contributed by atoms with Crippen LogP contribution in [-0.2, 0) is 0 Å². The van der Waals surface area contributed by atoms with Crippen molar-refractivity contribution < 1.29 is 0 Å². The van der Waals surface area contributed by atoms with Crippen molar-refractivity contribution >= 4 is 5.71 Å². The Balaban J connectivity index is 3.14. The van der Waals surface area contributed by atoms with E-state index >= 15 is 0 Å². The summed E-state index contributed by atoms with van der Waals surface area (Å²) < 4.78 is 0. The molecule has 0 heterocycles. The predicted molar refractivity (Wildman–Crippen MR) is 32.8 cm³/mol. The van der Waals surface area contributed by atoms with Crippen LogP contribution in [0.15, 0.2) is 12.2 Å². The lowest BCUT2D eigenvalue weighted by Crippen LogP contribution is -1.81. The van der Waals surface area contributed by atoms with Crippen molar-refractivity contribution in [3.8, 4) is 0 Å². The third kappa shape index (κ3) is 5.41. The molecule has 0 aromatic rings. The van der Waals surface area contributed by atoms with E-state index in [1.807, 2.05) is 19.1 Å². The van der Waals surface area contributed by atoms with Gasteiger partial charge in [-0.05, 0) is 13.8 Å². The summed E-state index contributed by atoms with van der Waals surface area (Å²) in [6.07, 6.45) is 4.73. The minimum atomic E-state index is 0.720. The van der Waals surface area contributed by atoms with Crippen molar-refractivity contribution in [1.82, 2.24) is 0 Å². The van der Waals surface area contributed by atoms with Crippen LogP contribution < -0.4 is 0 Å². The molecule has 0 radical (unpaired) electrons. The Labute approximate surface area is 44.6 Å². The highest BCUT2D eigenvalue weighted by molar-refractivity contribution is 5.79. The first kappa shape index (κ1) is 6.41. The molecule has 0 aliphatic carbocycles. The predicted octanol–water partition coefficient (Wildman–Crippen LogP) is 1.99. The van der Waals surface area contributed by atoms with Gasteiger partial charge in [-0.3, -0.25) is 0 Å². The molecule has 0 saturated heterocycles. The van der Waals surface area contributed by atoms with E-state index in [0.29, 0.717) is 0 Å². The van der Waals surface area contributed by atoms with Crippen LogP contribution in [0.25, 0.3) is 0 Å². The summed E-state index contributed by atoms with van der Waals surface area (Å²) in [5.74, 6) is 0. The highest BCUT2D eigenvalue weighted by Gasteiger charge is 1.76. The van der Waals surface area contributed by atoms with Crippen molar-refractivity contribution in [1.29, 1.82) is 5.41 Å². The van der Waals surface area contributed by atoms with Crippen LogP contribution in [0.5, 0.6) is 0 Å². The van der Waals surface area contributed by atoms with Gasteiger partial charge in [-0.1, -0.05) is 12.2 Å². The third-order valence-corrected chi connectivity index (χ3v) is 0.660. The van der Waals surface area contributed by atoms with Gasteiger partial charge in [-0.25, -0.2) is 0 Å². The van der Waals surface area contributed by atoms with Crippen LogP contribution in [0.1, 0.15) is 20.3 Å². The average Bonchev–Trinajstić information content (AvgIpc) is 1.61. The Bertz CT molecular complexity index is 82.2. The Morgan fingerprint density at radius 3 is 2.43 bits per heavy atom. The van der Waals surface area contributed by atoms with E-state index in [1.54, 1.807) is 6.92 Å². The minimum absolute atomic E-state index is 0.720. The van der Waals surface area contributed by atoms with Gasteiger partial charge in [0.05, 0.1) is 0 Å². The molecule has 0 aromatic heterocycles. The molecular weight excluding hydrogens is 86.1 g/mol. The highest BCUT2D eigenvalue weighted by atomic mass is 14.4. The summed E-state index contributed by atoms with van der Waals surface area (Å²) in [6, 6.07) is 0. The first-order valence-corrected chi connectivity index (χ1v) is 2.42. The Hall–Kier alpha value is -0.590. The summed E-state index contributed by atoms with van der Waals surface area (Å²) in [6.45, 7) is 3.77. The molecule has 0 fully saturated rings. The van der Waals surface area contributed by atoms with Crippen LogP contribution in [0.3, 0.4) is 0 Å². The summed E-state index contributed by atoms with van der Waals surface area (Å²) >= 11 is 0. The molecule has 0 saturated carbocycles. The van der Waals surface area contributed by atoms with Crippen LogP contribution >= 0.6 is 0 Å². The topological polar surface area (TPSA) is 23.9 Å². The zero-order valence-corrected chi connectivity index (χ0v) is 4.86. The van der Waals surface area contributed by atoms with Crippen molar-refractivity contribution in [2.24, 2.45) is 0 Å². The van der Waals surface area contributed by atoms with E-state index in [-0.39, 0.29) is 0 Å². The molecular formula is C6H11N. The van der Waals surface area contributed by atoms with Gasteiger partial charge in [0.25, 0.3) is 0 Å². The maximum Gasteiger partial charge on any atom is 0.00958 e. The van der Waals surface area contributed by atoms with Crippen LogP contribution in [0.4, 0.5) is 0 Å². The molecule has 0 aliphatic rings. The van der Waals surface area contributed by atoms with Gasteiger partial charge in [0.15, 0.2) is 0 Å². The van der Waals surface area contributed by atoms with E-state index in [1.165, 1.54) is 0 Å². The average molecular weight is 97.2 g/mol. The number of allylic oxidation sites excluding steroid dienone is 2. The lowest BCUT2D eigenvalue weighted by molar-refractivity contribution is 1.34. The number of hydrogen-bond donors (Lipinski definition) is 1. The monoisotopic (exact) mass is 97.1 g/mol. The third-order valence-electron chi connectivity index (χ3n) is 0.660. The molecule has 0 spiro atoms. The van der Waals surface area contributed by atoms with Gasteiger partial charge in [-0.15, -0.1) is 0 Å². The molecule has 7 heavy (non-hydrogen) atoms. The standard InChI is InChI=1S/C6H11N/c1-3-4-5-6(2)7/h3-4,7H,5H2,1-2H3/b4-3-,7-6?. The summed E-state index contributed by atoms with van der Waals surface area (Å²) in [5, 5.41) is 6.95. The van der Waals surface area contributed by atoms with E-state index in [9.17, 15) is 0 Å². The summed E-state index contributed by atoms with van der Waals surface area (Å²) in [5.41, 5.74) is 0.720. The number of hydrogen-bond acceptors (Lipinski definition) is 1. The second-order valence-electron chi connectivity index (χ2n) is 1.55. The lowest BCUT2D eigenvalue weighted by Gasteiger charge is -1.82. The van der Waals surface area contributed by atoms with Gasteiger partial charge in [0.2, 0.25) is 0 Å². The molecule has 1 N–H and O–H groups in total. The van der Waals surface area contributed by atoms with E-state index in [4.69, 9.17) is 5.41 Å². The molecule has 0 unspecified atom stereocenters. The second kappa shape index (κ2) is 3.59. The molecule has 1 nitrogen and oxygen atoms in total. The fourth-order valence-corrected chi connectivity index (χ4v) is 0.295. The molecule has 40 valence electrons. The fourth-order valence-electron chi connectivity index (χ4n) is 0.295. The minimum Gasteiger partial charge on any atom is -0.310 e. The molecule has 0 aliphatic heterocycles. The molecule has 0 amide bonds. The zero-order valence-electron chi connectivity index (χ0n) is 4.86. The smallest absolute Gasteiger partial charge is 0.00958 e. The van der Waals surface area contributed by atoms with Gasteiger partial charge < -0.3 is 5.41 Å². The first-order chi connectivity index (χ1) is 3.27. The molecule has 0 bridgehead atoms. The normalized spacial score (nSPS) is 10.0. The van der Waals surface area contributed by atoms with E-state index in [2.05, 4.69) is 0 Å². The van der Waals surface area contributed by atoms with Gasteiger partial charge in [0.1, 0.15) is 0 Å². The van der Waals surface area contributed by atoms with Crippen molar-refractivity contribution in [3.63, 3.8) is 0 Å². The van der Waals surface area contributed by atoms with Gasteiger partial charge in [0, 0.05) is 12.1 Å². The van der Waals surface area contributed by atoms with Gasteiger partial charge >= 0.3 is 0 Å². The van der Waals surface area contributed by atoms with Crippen molar-refractivity contribution in [3.05, 3.63) is 12.2 Å². The fraction of sp³-hybridized carbons (Fsp3) is 0.500. The lowest BCUT2D eigenvalue weighted by atomic mass is 10.3. The quantitative estimate of drug-likeness (QED) is 0.402. The van der Waals surface area contributed by atoms with Crippen molar-refractivity contribution in [2.45, 2.75) is 20.3 Å². The molecule has 0 rings (SSSR count). The van der Waals surface area contributed by atoms with Crippen LogP contribution in [0, 0.1) is 5.41 Å². The Kier molecular flexibility index (Phi) is 3.29. The largest absolute Gasteiger partial charge is 0.310 e. The SMILES string of the molecule is C/C=C\CC(C)=N. The second-order valence-corrected chi connectivity index (χ2v) is 1.55.